The average molecular weight is 420 g/mol. The quantitative estimate of drug-likeness (QED) is 0.456. The minimum absolute atomic E-state index is 0.0193. The van der Waals surface area contributed by atoms with Crippen LogP contribution in [0.2, 0.25) is 5.02 Å². The van der Waals surface area contributed by atoms with Crippen LogP contribution in [-0.2, 0) is 9.59 Å². The van der Waals surface area contributed by atoms with Gasteiger partial charge in [-0.3, -0.25) is 9.59 Å². The number of imide groups is 1. The van der Waals surface area contributed by atoms with Gasteiger partial charge < -0.3 is 0 Å². The number of aryl methyl sites for hydroxylation is 1. The Kier molecular flexibility index (Phi) is 3.48. The van der Waals surface area contributed by atoms with Gasteiger partial charge in [0, 0.05) is 16.9 Å². The summed E-state index contributed by atoms with van der Waals surface area (Å²) in [5, 5.41) is 0.561. The van der Waals surface area contributed by atoms with E-state index < -0.39 is 0 Å². The number of carbonyl (C=O) groups is 2. The summed E-state index contributed by atoms with van der Waals surface area (Å²) in [6.45, 7) is 1.94. The van der Waals surface area contributed by atoms with Crippen LogP contribution in [0.15, 0.2) is 41.5 Å². The van der Waals surface area contributed by atoms with Gasteiger partial charge >= 0.3 is 0 Å². The number of anilines is 1. The van der Waals surface area contributed by atoms with E-state index in [0.29, 0.717) is 10.7 Å². The van der Waals surface area contributed by atoms with Gasteiger partial charge in [-0.1, -0.05) is 41.0 Å². The predicted molar refractivity (Wildman–Crippen MR) is 116 cm³/mol. The molecular weight excluding hydrogens is 394 g/mol. The van der Waals surface area contributed by atoms with Gasteiger partial charge in [0.1, 0.15) is 0 Å². The van der Waals surface area contributed by atoms with Gasteiger partial charge in [0.2, 0.25) is 11.8 Å². The number of fused-ring (bicyclic) bond motifs is 5. The predicted octanol–water partition coefficient (Wildman–Crippen LogP) is 5.32. The van der Waals surface area contributed by atoms with Crippen molar-refractivity contribution in [3.05, 3.63) is 52.1 Å². The fourth-order valence-electron chi connectivity index (χ4n) is 8.37. The highest BCUT2D eigenvalue weighted by molar-refractivity contribution is 6.31. The third-order valence-corrected chi connectivity index (χ3v) is 9.41. The first kappa shape index (κ1) is 17.8. The molecule has 2 amide bonds. The second-order valence-electron chi connectivity index (χ2n) is 10.6. The summed E-state index contributed by atoms with van der Waals surface area (Å²) in [5.41, 5.74) is 4.75. The lowest BCUT2D eigenvalue weighted by molar-refractivity contribution is -0.123. The summed E-state index contributed by atoms with van der Waals surface area (Å²) in [6.07, 6.45) is 11.3. The first-order valence-electron chi connectivity index (χ1n) is 11.6. The molecule has 4 heteroatoms. The Balaban J connectivity index is 1.30. The lowest BCUT2D eigenvalue weighted by Gasteiger charge is -2.52. The average Bonchev–Trinajstić information content (AvgIpc) is 3.33. The Morgan fingerprint density at radius 3 is 1.97 bits per heavy atom. The van der Waals surface area contributed by atoms with E-state index in [4.69, 9.17) is 11.6 Å². The first-order chi connectivity index (χ1) is 14.5. The molecule has 0 N–H and O–H groups in total. The largest absolute Gasteiger partial charge is 0.274 e. The minimum atomic E-state index is -0.217. The highest BCUT2D eigenvalue weighted by Crippen LogP contribution is 2.64. The third-order valence-electron chi connectivity index (χ3n) is 9.18. The Bertz CT molecular complexity index is 1000. The van der Waals surface area contributed by atoms with Crippen molar-refractivity contribution >= 4 is 29.1 Å². The zero-order valence-corrected chi connectivity index (χ0v) is 17.9. The lowest BCUT2D eigenvalue weighted by Crippen LogP contribution is -2.41. The third kappa shape index (κ3) is 2.12. The molecule has 1 aromatic carbocycles. The smallest absolute Gasteiger partial charge is 0.238 e. The van der Waals surface area contributed by atoms with Crippen LogP contribution in [0, 0.1) is 54.3 Å². The van der Waals surface area contributed by atoms with Crippen LogP contribution in [0.5, 0.6) is 0 Å². The van der Waals surface area contributed by atoms with E-state index >= 15 is 0 Å². The number of benzene rings is 1. The van der Waals surface area contributed by atoms with Gasteiger partial charge in [-0.15, -0.1) is 0 Å². The maximum Gasteiger partial charge on any atom is 0.238 e. The van der Waals surface area contributed by atoms with Crippen molar-refractivity contribution in [3.8, 4) is 0 Å². The zero-order chi connectivity index (χ0) is 20.3. The maximum absolute atomic E-state index is 13.6. The second kappa shape index (κ2) is 5.88. The topological polar surface area (TPSA) is 37.4 Å². The number of carbonyl (C=O) groups excluding carboxylic acids is 2. The number of hydrogen-bond donors (Lipinski definition) is 0. The molecule has 30 heavy (non-hydrogen) atoms. The number of rotatable bonds is 1. The molecule has 1 aliphatic heterocycles. The summed E-state index contributed by atoms with van der Waals surface area (Å²) in [6, 6.07) is 5.47. The molecule has 1 heterocycles. The van der Waals surface area contributed by atoms with E-state index in [1.54, 1.807) is 11.6 Å². The molecule has 7 aliphatic rings. The number of amides is 2. The second-order valence-corrected chi connectivity index (χ2v) is 11.1. The Labute approximate surface area is 182 Å². The molecule has 0 unspecified atom stereocenters. The molecule has 8 rings (SSSR count). The van der Waals surface area contributed by atoms with Gasteiger partial charge in [-0.05, 0) is 80.4 Å². The molecule has 6 bridgehead atoms. The van der Waals surface area contributed by atoms with Crippen molar-refractivity contribution in [3.63, 3.8) is 0 Å². The Hall–Kier alpha value is -1.87. The van der Waals surface area contributed by atoms with E-state index in [9.17, 15) is 9.59 Å². The van der Waals surface area contributed by atoms with Gasteiger partial charge in [-0.2, -0.15) is 0 Å². The molecule has 1 saturated heterocycles. The molecular formula is C26H26ClNO2. The summed E-state index contributed by atoms with van der Waals surface area (Å²) in [4.78, 5) is 28.6. The molecule has 0 radical (unpaired) electrons. The molecule has 6 fully saturated rings. The normalized spacial score (nSPS) is 42.8. The van der Waals surface area contributed by atoms with Crippen LogP contribution < -0.4 is 4.90 Å². The van der Waals surface area contributed by atoms with Crippen molar-refractivity contribution in [2.45, 2.75) is 39.0 Å². The lowest BCUT2D eigenvalue weighted by atomic mass is 9.53. The zero-order valence-electron chi connectivity index (χ0n) is 17.2. The van der Waals surface area contributed by atoms with Crippen LogP contribution in [0.25, 0.3) is 0 Å². The minimum Gasteiger partial charge on any atom is -0.274 e. The molecule has 154 valence electrons. The van der Waals surface area contributed by atoms with Gasteiger partial charge in [-0.25, -0.2) is 4.90 Å². The standard InChI is InChI=1S/C26H26ClNO2/c1-12-2-3-17(27)11-20(12)28-25(29)23-18-4-5-19(24(23)26(28)30)22(18)21-15-7-13-6-14(9-15)10-16(21)8-13/h2-5,11,13-16,18-19,23-24H,6-10H2,1H3/t13?,14?,15?,16?,18-,19+,23+,24-. The van der Waals surface area contributed by atoms with E-state index in [0.717, 1.165) is 29.2 Å². The van der Waals surface area contributed by atoms with Crippen LogP contribution >= 0.6 is 11.6 Å². The van der Waals surface area contributed by atoms with Gasteiger partial charge in [0.15, 0.2) is 0 Å². The van der Waals surface area contributed by atoms with Crippen molar-refractivity contribution < 1.29 is 9.59 Å². The summed E-state index contributed by atoms with van der Waals surface area (Å²) >= 11 is 6.21. The molecule has 0 spiro atoms. The number of halogens is 1. The summed E-state index contributed by atoms with van der Waals surface area (Å²) < 4.78 is 0. The van der Waals surface area contributed by atoms with E-state index in [1.165, 1.54) is 42.6 Å². The van der Waals surface area contributed by atoms with E-state index in [1.807, 2.05) is 19.1 Å². The number of allylic oxidation sites excluding steroid dienone is 4. The van der Waals surface area contributed by atoms with E-state index in [-0.39, 0.29) is 35.5 Å². The molecule has 0 aromatic heterocycles. The molecule has 3 nitrogen and oxygen atoms in total. The SMILES string of the molecule is Cc1ccc(Cl)cc1N1C(=O)[C@@H]2[C@H](C1=O)[C@H]1C=C[C@@H]2C1=C1C2CC3CC(C2)CC1C3. The fourth-order valence-corrected chi connectivity index (χ4v) is 8.54. The van der Waals surface area contributed by atoms with Crippen LogP contribution in [0.1, 0.15) is 37.7 Å². The van der Waals surface area contributed by atoms with Crippen LogP contribution in [0.3, 0.4) is 0 Å². The molecule has 5 saturated carbocycles. The van der Waals surface area contributed by atoms with Crippen molar-refractivity contribution in [1.82, 2.24) is 0 Å². The van der Waals surface area contributed by atoms with Gasteiger partial charge in [0.05, 0.1) is 17.5 Å². The fraction of sp³-hybridized carbons (Fsp3) is 0.538. The van der Waals surface area contributed by atoms with Crippen molar-refractivity contribution in [2.75, 3.05) is 4.90 Å². The molecule has 6 aliphatic carbocycles. The Morgan fingerprint density at radius 2 is 1.40 bits per heavy atom. The highest BCUT2D eigenvalue weighted by Gasteiger charge is 2.63. The van der Waals surface area contributed by atoms with E-state index in [2.05, 4.69) is 12.2 Å². The molecule has 4 atom stereocenters. The maximum atomic E-state index is 13.6. The summed E-state index contributed by atoms with van der Waals surface area (Å²) in [7, 11) is 0. The van der Waals surface area contributed by atoms with Crippen LogP contribution in [0.4, 0.5) is 5.69 Å². The summed E-state index contributed by atoms with van der Waals surface area (Å²) in [5.74, 6) is 3.08. The van der Waals surface area contributed by atoms with Crippen LogP contribution in [-0.4, -0.2) is 11.8 Å². The monoisotopic (exact) mass is 419 g/mol. The first-order valence-corrected chi connectivity index (χ1v) is 11.9. The molecule has 1 aromatic rings. The number of nitrogens with zero attached hydrogens (tertiary/aromatic N) is 1. The van der Waals surface area contributed by atoms with Crippen molar-refractivity contribution in [2.24, 2.45) is 47.3 Å². The highest BCUT2D eigenvalue weighted by atomic mass is 35.5. The Morgan fingerprint density at radius 1 is 0.833 bits per heavy atom. The van der Waals surface area contributed by atoms with Gasteiger partial charge in [0.25, 0.3) is 0 Å². The number of hydrogen-bond acceptors (Lipinski definition) is 2. The van der Waals surface area contributed by atoms with Crippen molar-refractivity contribution in [1.29, 1.82) is 0 Å².